The van der Waals surface area contributed by atoms with Gasteiger partial charge in [-0.05, 0) is 23.8 Å². The van der Waals surface area contributed by atoms with Crippen LogP contribution < -0.4 is 4.90 Å². The van der Waals surface area contributed by atoms with Gasteiger partial charge in [0.25, 0.3) is 0 Å². The van der Waals surface area contributed by atoms with Gasteiger partial charge in [-0.15, -0.1) is 0 Å². The number of nitrogens with zero attached hydrogens (tertiary/aromatic N) is 2. The summed E-state index contributed by atoms with van der Waals surface area (Å²) in [6.45, 7) is 0.935. The van der Waals surface area contributed by atoms with Gasteiger partial charge in [-0.1, -0.05) is 0 Å². The number of carbonyl (C=O) groups is 2. The Morgan fingerprint density at radius 1 is 1.19 bits per heavy atom. The molecule has 16 heavy (non-hydrogen) atoms. The molecule has 0 aliphatic carbocycles. The number of hydrogen-bond acceptors (Lipinski definition) is 3. The summed E-state index contributed by atoms with van der Waals surface area (Å²) in [6.07, 6.45) is 0.826. The fourth-order valence-corrected chi connectivity index (χ4v) is 1.93. The summed E-state index contributed by atoms with van der Waals surface area (Å²) in [5, 5.41) is 0. The predicted octanol–water partition coefficient (Wildman–Crippen LogP) is 0.907. The van der Waals surface area contributed by atoms with E-state index in [1.54, 1.807) is 18.0 Å². The van der Waals surface area contributed by atoms with Gasteiger partial charge in [0.1, 0.15) is 6.29 Å². The van der Waals surface area contributed by atoms with Crippen LogP contribution in [0.1, 0.15) is 15.9 Å². The van der Waals surface area contributed by atoms with E-state index in [0.717, 1.165) is 17.5 Å². The van der Waals surface area contributed by atoms with Gasteiger partial charge in [0.2, 0.25) is 5.91 Å². The fraction of sp³-hybridized carbons (Fsp3) is 0.333. The van der Waals surface area contributed by atoms with Crippen molar-refractivity contribution in [2.75, 3.05) is 25.5 Å². The molecule has 1 aliphatic heterocycles. The molecule has 1 amide bonds. The van der Waals surface area contributed by atoms with Crippen molar-refractivity contribution in [2.45, 2.75) is 6.54 Å². The first-order chi connectivity index (χ1) is 7.61. The first-order valence-electron chi connectivity index (χ1n) is 5.15. The number of hydrogen-bond donors (Lipinski definition) is 0. The zero-order chi connectivity index (χ0) is 11.7. The molecule has 0 fully saturated rings. The average Bonchev–Trinajstić information content (AvgIpc) is 2.37. The molecule has 1 aromatic carbocycles. The summed E-state index contributed by atoms with van der Waals surface area (Å²) in [5.74, 6) is 0.0892. The molecule has 2 rings (SSSR count). The van der Waals surface area contributed by atoms with Crippen molar-refractivity contribution in [3.63, 3.8) is 0 Å². The Balaban J connectivity index is 2.46. The lowest BCUT2D eigenvalue weighted by atomic mass is 10.1. The van der Waals surface area contributed by atoms with E-state index in [4.69, 9.17) is 0 Å². The van der Waals surface area contributed by atoms with Crippen LogP contribution in [0.5, 0.6) is 0 Å². The minimum absolute atomic E-state index is 0.0892. The monoisotopic (exact) mass is 218 g/mol. The fourth-order valence-electron chi connectivity index (χ4n) is 1.93. The molecule has 1 aromatic rings. The Bertz CT molecular complexity index is 443. The van der Waals surface area contributed by atoms with Crippen molar-refractivity contribution in [3.8, 4) is 0 Å². The lowest BCUT2D eigenvalue weighted by Crippen LogP contribution is -2.32. The second-order valence-electron chi connectivity index (χ2n) is 4.11. The Morgan fingerprint density at radius 2 is 1.94 bits per heavy atom. The molecule has 4 nitrogen and oxygen atoms in total. The number of rotatable bonds is 1. The molecular formula is C12H14N2O2. The standard InChI is InChI=1S/C12H14N2O2/c1-13-7-12(16)14(2)6-10-5-9(8-15)3-4-11(10)13/h3-5,8H,6-7H2,1-2H3. The molecule has 84 valence electrons. The highest BCUT2D eigenvalue weighted by molar-refractivity contribution is 5.84. The molecule has 1 heterocycles. The van der Waals surface area contributed by atoms with Crippen molar-refractivity contribution < 1.29 is 9.59 Å². The first kappa shape index (κ1) is 10.7. The Labute approximate surface area is 94.5 Å². The van der Waals surface area contributed by atoms with Crippen LogP contribution in [0.15, 0.2) is 18.2 Å². The Hall–Kier alpha value is -1.84. The normalized spacial score (nSPS) is 15.8. The molecule has 0 spiro atoms. The molecular weight excluding hydrogens is 204 g/mol. The Morgan fingerprint density at radius 3 is 2.62 bits per heavy atom. The van der Waals surface area contributed by atoms with E-state index in [2.05, 4.69) is 0 Å². The number of carbonyl (C=O) groups excluding carboxylic acids is 2. The zero-order valence-electron chi connectivity index (χ0n) is 9.43. The molecule has 0 N–H and O–H groups in total. The van der Waals surface area contributed by atoms with E-state index in [9.17, 15) is 9.59 Å². The molecule has 0 saturated carbocycles. The van der Waals surface area contributed by atoms with Crippen LogP contribution >= 0.6 is 0 Å². The summed E-state index contributed by atoms with van der Waals surface area (Å²) >= 11 is 0. The van der Waals surface area contributed by atoms with E-state index < -0.39 is 0 Å². The summed E-state index contributed by atoms with van der Waals surface area (Å²) in [5.41, 5.74) is 2.68. The number of aldehydes is 1. The van der Waals surface area contributed by atoms with E-state index in [-0.39, 0.29) is 5.91 Å². The predicted molar refractivity (Wildman–Crippen MR) is 61.6 cm³/mol. The van der Waals surface area contributed by atoms with E-state index in [1.807, 2.05) is 24.1 Å². The van der Waals surface area contributed by atoms with Crippen LogP contribution in [0.2, 0.25) is 0 Å². The highest BCUT2D eigenvalue weighted by atomic mass is 16.2. The molecule has 4 heteroatoms. The molecule has 0 saturated heterocycles. The number of anilines is 1. The summed E-state index contributed by atoms with van der Waals surface area (Å²) in [4.78, 5) is 26.0. The highest BCUT2D eigenvalue weighted by Gasteiger charge is 2.20. The maximum Gasteiger partial charge on any atom is 0.242 e. The summed E-state index contributed by atoms with van der Waals surface area (Å²) in [7, 11) is 3.66. The first-order valence-corrected chi connectivity index (χ1v) is 5.15. The van der Waals surface area contributed by atoms with E-state index in [0.29, 0.717) is 18.7 Å². The number of benzene rings is 1. The van der Waals surface area contributed by atoms with Crippen molar-refractivity contribution in [2.24, 2.45) is 0 Å². The lowest BCUT2D eigenvalue weighted by molar-refractivity contribution is -0.128. The van der Waals surface area contributed by atoms with Gasteiger partial charge in [-0.25, -0.2) is 0 Å². The highest BCUT2D eigenvalue weighted by Crippen LogP contribution is 2.24. The smallest absolute Gasteiger partial charge is 0.242 e. The molecule has 0 aromatic heterocycles. The van der Waals surface area contributed by atoms with Gasteiger partial charge in [0, 0.05) is 31.9 Å². The van der Waals surface area contributed by atoms with E-state index >= 15 is 0 Å². The minimum Gasteiger partial charge on any atom is -0.365 e. The second kappa shape index (κ2) is 3.96. The molecule has 1 aliphatic rings. The second-order valence-corrected chi connectivity index (χ2v) is 4.11. The Kier molecular flexibility index (Phi) is 2.64. The van der Waals surface area contributed by atoms with Gasteiger partial charge in [0.05, 0.1) is 6.54 Å². The third kappa shape index (κ3) is 1.78. The van der Waals surface area contributed by atoms with Gasteiger partial charge < -0.3 is 9.80 Å². The van der Waals surface area contributed by atoms with Gasteiger partial charge in [-0.2, -0.15) is 0 Å². The maximum absolute atomic E-state index is 11.7. The third-order valence-corrected chi connectivity index (χ3v) is 2.86. The lowest BCUT2D eigenvalue weighted by Gasteiger charge is -2.17. The van der Waals surface area contributed by atoms with Crippen LogP contribution in [0.25, 0.3) is 0 Å². The molecule has 0 unspecified atom stereocenters. The van der Waals surface area contributed by atoms with Crippen LogP contribution in [-0.4, -0.2) is 37.7 Å². The van der Waals surface area contributed by atoms with E-state index in [1.165, 1.54) is 0 Å². The van der Waals surface area contributed by atoms with Crippen molar-refractivity contribution in [3.05, 3.63) is 29.3 Å². The quantitative estimate of drug-likeness (QED) is 0.658. The van der Waals surface area contributed by atoms with Gasteiger partial charge >= 0.3 is 0 Å². The topological polar surface area (TPSA) is 40.6 Å². The van der Waals surface area contributed by atoms with Crippen LogP contribution in [-0.2, 0) is 11.3 Å². The zero-order valence-corrected chi connectivity index (χ0v) is 9.43. The number of amides is 1. The SMILES string of the molecule is CN1Cc2cc(C=O)ccc2N(C)CC1=O. The molecule has 0 atom stereocenters. The van der Waals surface area contributed by atoms with Gasteiger partial charge in [-0.3, -0.25) is 9.59 Å². The number of likely N-dealkylation sites (N-methyl/N-ethyl adjacent to an activating group) is 2. The number of fused-ring (bicyclic) bond motifs is 1. The van der Waals surface area contributed by atoms with Crippen molar-refractivity contribution >= 4 is 17.9 Å². The van der Waals surface area contributed by atoms with Crippen LogP contribution in [0.3, 0.4) is 0 Å². The average molecular weight is 218 g/mol. The van der Waals surface area contributed by atoms with Crippen LogP contribution in [0.4, 0.5) is 5.69 Å². The minimum atomic E-state index is 0.0892. The maximum atomic E-state index is 11.7. The summed E-state index contributed by atoms with van der Waals surface area (Å²) < 4.78 is 0. The largest absolute Gasteiger partial charge is 0.365 e. The van der Waals surface area contributed by atoms with Crippen molar-refractivity contribution in [1.29, 1.82) is 0 Å². The van der Waals surface area contributed by atoms with Gasteiger partial charge in [0.15, 0.2) is 0 Å². The third-order valence-electron chi connectivity index (χ3n) is 2.86. The summed E-state index contributed by atoms with van der Waals surface area (Å²) in [6, 6.07) is 5.51. The van der Waals surface area contributed by atoms with Crippen molar-refractivity contribution in [1.82, 2.24) is 4.90 Å². The molecule has 0 radical (unpaired) electrons. The van der Waals surface area contributed by atoms with Crippen LogP contribution in [0, 0.1) is 0 Å². The molecule has 0 bridgehead atoms.